The summed E-state index contributed by atoms with van der Waals surface area (Å²) < 4.78 is 30.4. The van der Waals surface area contributed by atoms with Crippen LogP contribution < -0.4 is 14.5 Å². The summed E-state index contributed by atoms with van der Waals surface area (Å²) in [5, 5.41) is 15.3. The number of nitrogens with one attached hydrogen (secondary N) is 1. The molecule has 0 aromatic heterocycles. The van der Waals surface area contributed by atoms with Crippen molar-refractivity contribution in [3.63, 3.8) is 0 Å². The average Bonchev–Trinajstić information content (AvgIpc) is 3.39. The maximum Gasteiger partial charge on any atom is 0.509 e. The molecule has 2 aromatic rings. The van der Waals surface area contributed by atoms with Gasteiger partial charge in [0.15, 0.2) is 11.9 Å². The lowest BCUT2D eigenvalue weighted by Gasteiger charge is -2.61. The maximum absolute atomic E-state index is 13.4. The van der Waals surface area contributed by atoms with Crippen molar-refractivity contribution in [3.05, 3.63) is 71.0 Å². The highest BCUT2D eigenvalue weighted by Gasteiger charge is 2.72. The second-order valence-corrected chi connectivity index (χ2v) is 21.6. The molecule has 0 saturated carbocycles. The monoisotopic (exact) mass is 720 g/mol. The summed E-state index contributed by atoms with van der Waals surface area (Å²) in [6.45, 7) is 16.8. The summed E-state index contributed by atoms with van der Waals surface area (Å²) in [4.78, 5) is 41.4. The van der Waals surface area contributed by atoms with E-state index in [9.17, 15) is 19.5 Å². The van der Waals surface area contributed by atoms with Gasteiger partial charge in [0.2, 0.25) is 6.10 Å². The molecular formula is C39H52N2O9Si. The molecule has 1 spiro atoms. The second kappa shape index (κ2) is 13.0. The van der Waals surface area contributed by atoms with E-state index >= 15 is 0 Å². The Kier molecular flexibility index (Phi) is 9.38. The number of hydrogen-bond donors (Lipinski definition) is 2. The Hall–Kier alpha value is -3.87. The summed E-state index contributed by atoms with van der Waals surface area (Å²) in [5.41, 5.74) is -0.210. The summed E-state index contributed by atoms with van der Waals surface area (Å²) >= 11 is 0. The van der Waals surface area contributed by atoms with Gasteiger partial charge in [-0.15, -0.1) is 0 Å². The van der Waals surface area contributed by atoms with E-state index in [1.165, 1.54) is 0 Å². The smallest absolute Gasteiger partial charge is 0.509 e. The Morgan fingerprint density at radius 1 is 1.08 bits per heavy atom. The number of likely N-dealkylation sites (tertiary alicyclic amines) is 1. The zero-order valence-electron chi connectivity index (χ0n) is 31.3. The van der Waals surface area contributed by atoms with E-state index in [1.54, 1.807) is 57.2 Å². The van der Waals surface area contributed by atoms with Gasteiger partial charge in [-0.05, 0) is 83.0 Å². The van der Waals surface area contributed by atoms with Gasteiger partial charge in [0.05, 0.1) is 17.4 Å². The highest BCUT2D eigenvalue weighted by molar-refractivity contribution is 6.74. The van der Waals surface area contributed by atoms with Gasteiger partial charge >= 0.3 is 12.1 Å². The van der Waals surface area contributed by atoms with Crippen LogP contribution in [0.15, 0.2) is 54.3 Å². The van der Waals surface area contributed by atoms with Crippen molar-refractivity contribution in [2.75, 3.05) is 20.1 Å². The second-order valence-electron chi connectivity index (χ2n) is 16.8. The number of piperidine rings is 1. The molecule has 1 fully saturated rings. The van der Waals surface area contributed by atoms with Crippen LogP contribution in [0.5, 0.6) is 11.5 Å². The molecule has 2 aromatic carbocycles. The minimum Gasteiger partial charge on any atom is -0.541 e. The predicted octanol–water partition coefficient (Wildman–Crippen LogP) is 6.09. The first-order valence-corrected chi connectivity index (χ1v) is 20.8. The highest BCUT2D eigenvalue weighted by atomic mass is 28.4. The molecule has 2 N–H and O–H groups in total. The molecule has 51 heavy (non-hydrogen) atoms. The first-order valence-electron chi connectivity index (χ1n) is 17.8. The van der Waals surface area contributed by atoms with Crippen molar-refractivity contribution in [2.45, 2.75) is 120 Å². The number of esters is 1. The number of nitrogens with zero attached hydrogens (tertiary/aromatic N) is 1. The van der Waals surface area contributed by atoms with Crippen molar-refractivity contribution < 1.29 is 42.9 Å². The fraction of sp³-hybridized carbons (Fsp3) is 0.564. The third kappa shape index (κ3) is 6.55. The third-order valence-corrected chi connectivity index (χ3v) is 15.7. The van der Waals surface area contributed by atoms with E-state index in [0.717, 1.165) is 17.7 Å². The molecule has 2 bridgehead atoms. The van der Waals surface area contributed by atoms with Gasteiger partial charge in [-0.25, -0.2) is 4.79 Å². The summed E-state index contributed by atoms with van der Waals surface area (Å²) in [7, 11) is -0.203. The molecule has 276 valence electrons. The van der Waals surface area contributed by atoms with Gasteiger partial charge in [-0.1, -0.05) is 57.2 Å². The number of aliphatic hydroxyl groups is 1. The molecule has 4 aliphatic rings. The molecule has 1 amide bonds. The van der Waals surface area contributed by atoms with Crippen LogP contribution in [-0.2, 0) is 35.6 Å². The summed E-state index contributed by atoms with van der Waals surface area (Å²) in [6.07, 6.45) is 0.253. The van der Waals surface area contributed by atoms with E-state index < -0.39 is 55.2 Å². The Bertz CT molecular complexity index is 1730. The zero-order chi connectivity index (χ0) is 37.1. The van der Waals surface area contributed by atoms with E-state index in [2.05, 4.69) is 57.2 Å². The lowest BCUT2D eigenvalue weighted by Crippen LogP contribution is -2.74. The number of amides is 1. The Balaban J connectivity index is 1.20. The SMILES string of the molecule is CN1CC[C@]23c4c5ccc(O[Si](C)(C)C(C)(C)C)c4O[C@H]2C(OC(=O)CCNC(=O)[C@@H](OC(=O)OC(C)(C)C)c2ccccc2)=CC[C@@]3(O)[C@@H]1C5. The van der Waals surface area contributed by atoms with Crippen LogP contribution in [0.25, 0.3) is 0 Å². The molecular weight excluding hydrogens is 669 g/mol. The molecule has 1 saturated heterocycles. The van der Waals surface area contributed by atoms with Gasteiger partial charge in [0.1, 0.15) is 17.1 Å². The standard InChI is InChI=1S/C39H52N2O9Si/c1-36(2,3)49-35(44)48-31(24-13-11-10-12-14-24)34(43)40-21-18-29(42)46-27-17-19-39(45)28-23-25-15-16-26(50-51(8,9)37(4,5)6)32-30(25)38(39,33(27)47-32)20-22-41(28)7/h10-17,28,31,33,45H,18-23H2,1-9H3,(H,40,43)/t28-,31-,33-,38-,39+/m0/s1. The fourth-order valence-corrected chi connectivity index (χ4v) is 8.79. The van der Waals surface area contributed by atoms with E-state index in [0.29, 0.717) is 42.1 Å². The largest absolute Gasteiger partial charge is 0.541 e. The Morgan fingerprint density at radius 2 is 1.78 bits per heavy atom. The fourth-order valence-electron chi connectivity index (χ4n) is 7.77. The minimum absolute atomic E-state index is 0.0440. The molecule has 12 heteroatoms. The quantitative estimate of drug-likeness (QED) is 0.232. The van der Waals surface area contributed by atoms with Crippen LogP contribution in [-0.4, -0.2) is 79.8 Å². The average molecular weight is 721 g/mol. The van der Waals surface area contributed by atoms with Crippen LogP contribution in [0.2, 0.25) is 18.1 Å². The predicted molar refractivity (Wildman–Crippen MR) is 193 cm³/mol. The number of rotatable bonds is 9. The number of hydrogen-bond acceptors (Lipinski definition) is 10. The minimum atomic E-state index is -2.25. The van der Waals surface area contributed by atoms with Gasteiger partial charge in [0, 0.05) is 30.1 Å². The van der Waals surface area contributed by atoms with Crippen molar-refractivity contribution in [1.29, 1.82) is 0 Å². The molecule has 0 unspecified atom stereocenters. The van der Waals surface area contributed by atoms with E-state index in [-0.39, 0.29) is 24.0 Å². The first-order chi connectivity index (χ1) is 23.8. The van der Waals surface area contributed by atoms with E-state index in [4.69, 9.17) is 23.4 Å². The molecule has 11 nitrogen and oxygen atoms in total. The first kappa shape index (κ1) is 36.9. The molecule has 2 aliphatic heterocycles. The molecule has 6 rings (SSSR count). The molecule has 5 atom stereocenters. The topological polar surface area (TPSA) is 133 Å². The molecule has 2 heterocycles. The number of carbonyl (C=O) groups is 3. The Labute approximate surface area is 301 Å². The van der Waals surface area contributed by atoms with E-state index in [1.807, 2.05) is 6.07 Å². The number of benzene rings is 2. The van der Waals surface area contributed by atoms with Crippen molar-refractivity contribution in [2.24, 2.45) is 0 Å². The summed E-state index contributed by atoms with van der Waals surface area (Å²) in [5.74, 6) is 0.495. The van der Waals surface area contributed by atoms with Crippen LogP contribution in [0.3, 0.4) is 0 Å². The zero-order valence-corrected chi connectivity index (χ0v) is 32.3. The van der Waals surface area contributed by atoms with Crippen LogP contribution in [0, 0.1) is 0 Å². The highest BCUT2D eigenvalue weighted by Crippen LogP contribution is 2.65. The van der Waals surface area contributed by atoms with Crippen molar-refractivity contribution in [1.82, 2.24) is 10.2 Å². The van der Waals surface area contributed by atoms with Gasteiger partial charge in [-0.2, -0.15) is 0 Å². The van der Waals surface area contributed by atoms with Gasteiger partial charge in [0.25, 0.3) is 14.2 Å². The lowest BCUT2D eigenvalue weighted by atomic mass is 9.50. The van der Waals surface area contributed by atoms with Crippen LogP contribution >= 0.6 is 0 Å². The molecule has 0 radical (unpaired) electrons. The van der Waals surface area contributed by atoms with Crippen molar-refractivity contribution >= 4 is 26.3 Å². The van der Waals surface area contributed by atoms with Crippen LogP contribution in [0.1, 0.15) is 83.6 Å². The third-order valence-electron chi connectivity index (χ3n) is 11.3. The number of ether oxygens (including phenoxy) is 4. The maximum atomic E-state index is 13.4. The van der Waals surface area contributed by atoms with Gasteiger partial charge in [-0.3, -0.25) is 9.59 Å². The van der Waals surface area contributed by atoms with Crippen LogP contribution in [0.4, 0.5) is 4.79 Å². The van der Waals surface area contributed by atoms with Crippen molar-refractivity contribution in [3.8, 4) is 11.5 Å². The number of likely N-dealkylation sites (N-methyl/N-ethyl adjacent to an activating group) is 1. The lowest BCUT2D eigenvalue weighted by molar-refractivity contribution is -0.169. The Morgan fingerprint density at radius 3 is 2.45 bits per heavy atom. The number of carbonyl (C=O) groups excluding carboxylic acids is 3. The molecule has 2 aliphatic carbocycles. The summed E-state index contributed by atoms with van der Waals surface area (Å²) in [6, 6.07) is 12.6. The normalized spacial score (nSPS) is 25.8. The van der Waals surface area contributed by atoms with Gasteiger partial charge < -0.3 is 38.7 Å².